The van der Waals surface area contributed by atoms with Gasteiger partial charge in [0.2, 0.25) is 5.91 Å². The number of hydrogen-bond donors (Lipinski definition) is 1. The van der Waals surface area contributed by atoms with Gasteiger partial charge in [-0.3, -0.25) is 4.79 Å². The molecule has 1 amide bonds. The third-order valence-electron chi connectivity index (χ3n) is 2.47. The van der Waals surface area contributed by atoms with Crippen LogP contribution in [0.5, 0.6) is 0 Å². The van der Waals surface area contributed by atoms with Gasteiger partial charge in [-0.1, -0.05) is 12.1 Å². The summed E-state index contributed by atoms with van der Waals surface area (Å²) in [5, 5.41) is 3.14. The molecule has 1 aliphatic heterocycles. The Morgan fingerprint density at radius 3 is 2.94 bits per heavy atom. The molecular formula is C12H15NOS3. The van der Waals surface area contributed by atoms with Crippen LogP contribution >= 0.6 is 35.3 Å². The molecule has 1 N–H and O–H groups in total. The molecule has 0 radical (unpaired) electrons. The van der Waals surface area contributed by atoms with Gasteiger partial charge in [0.1, 0.15) is 0 Å². The van der Waals surface area contributed by atoms with Crippen molar-refractivity contribution in [1.82, 2.24) is 0 Å². The van der Waals surface area contributed by atoms with Crippen molar-refractivity contribution in [2.24, 2.45) is 0 Å². The van der Waals surface area contributed by atoms with Gasteiger partial charge < -0.3 is 5.32 Å². The number of para-hydroxylation sites is 1. The Bertz CT molecular complexity index is 391. The molecule has 17 heavy (non-hydrogen) atoms. The summed E-state index contributed by atoms with van der Waals surface area (Å²) in [6.45, 7) is 0. The second-order valence-corrected chi connectivity index (χ2v) is 6.93. The van der Waals surface area contributed by atoms with Gasteiger partial charge in [-0.05, 0) is 18.4 Å². The maximum absolute atomic E-state index is 12.1. The Morgan fingerprint density at radius 2 is 2.24 bits per heavy atom. The third kappa shape index (κ3) is 3.60. The van der Waals surface area contributed by atoms with Gasteiger partial charge in [0.25, 0.3) is 0 Å². The molecule has 1 fully saturated rings. The number of benzene rings is 1. The van der Waals surface area contributed by atoms with Gasteiger partial charge in [0.05, 0.1) is 10.9 Å². The second kappa shape index (κ2) is 6.61. The summed E-state index contributed by atoms with van der Waals surface area (Å²) >= 11 is 5.29. The van der Waals surface area contributed by atoms with E-state index in [1.807, 2.05) is 42.3 Å². The van der Waals surface area contributed by atoms with Crippen molar-refractivity contribution in [1.29, 1.82) is 0 Å². The number of rotatable bonds is 3. The van der Waals surface area contributed by atoms with E-state index in [-0.39, 0.29) is 11.2 Å². The van der Waals surface area contributed by atoms with Gasteiger partial charge in [0, 0.05) is 22.2 Å². The zero-order valence-electron chi connectivity index (χ0n) is 9.64. The highest BCUT2D eigenvalue weighted by Gasteiger charge is 2.22. The Morgan fingerprint density at radius 1 is 1.41 bits per heavy atom. The zero-order chi connectivity index (χ0) is 12.1. The standard InChI is InChI=1S/C12H15NOS3/c1-15-10-5-3-2-4-9(10)13-12(14)11-8-16-6-7-17-11/h2-5,11H,6-8H2,1H3,(H,13,14). The number of amides is 1. The first-order valence-electron chi connectivity index (χ1n) is 5.44. The average Bonchev–Trinajstić information content (AvgIpc) is 2.40. The van der Waals surface area contributed by atoms with Crippen molar-refractivity contribution in [2.75, 3.05) is 28.8 Å². The van der Waals surface area contributed by atoms with Crippen molar-refractivity contribution < 1.29 is 4.79 Å². The lowest BCUT2D eigenvalue weighted by Gasteiger charge is -2.20. The van der Waals surface area contributed by atoms with E-state index in [1.54, 1.807) is 23.5 Å². The van der Waals surface area contributed by atoms with Crippen LogP contribution in [0.3, 0.4) is 0 Å². The average molecular weight is 285 g/mol. The van der Waals surface area contributed by atoms with Crippen LogP contribution in [0.1, 0.15) is 0 Å². The number of anilines is 1. The fraction of sp³-hybridized carbons (Fsp3) is 0.417. The van der Waals surface area contributed by atoms with Gasteiger partial charge in [-0.15, -0.1) is 23.5 Å². The quantitative estimate of drug-likeness (QED) is 0.864. The van der Waals surface area contributed by atoms with E-state index in [0.29, 0.717) is 0 Å². The summed E-state index contributed by atoms with van der Waals surface area (Å²) in [4.78, 5) is 13.2. The van der Waals surface area contributed by atoms with E-state index < -0.39 is 0 Å². The Hall–Kier alpha value is -0.260. The third-order valence-corrected chi connectivity index (χ3v) is 6.02. The number of carbonyl (C=O) groups is 1. The number of nitrogens with one attached hydrogen (secondary N) is 1. The number of hydrogen-bond acceptors (Lipinski definition) is 4. The van der Waals surface area contributed by atoms with E-state index in [1.165, 1.54) is 0 Å². The molecule has 1 heterocycles. The molecule has 1 aromatic carbocycles. The molecule has 2 nitrogen and oxygen atoms in total. The van der Waals surface area contributed by atoms with Gasteiger partial charge in [-0.25, -0.2) is 0 Å². The molecule has 1 unspecified atom stereocenters. The highest BCUT2D eigenvalue weighted by atomic mass is 32.2. The van der Waals surface area contributed by atoms with E-state index in [0.717, 1.165) is 27.8 Å². The lowest BCUT2D eigenvalue weighted by molar-refractivity contribution is -0.115. The molecule has 1 aromatic rings. The molecule has 92 valence electrons. The van der Waals surface area contributed by atoms with E-state index >= 15 is 0 Å². The van der Waals surface area contributed by atoms with E-state index in [2.05, 4.69) is 5.32 Å². The number of thioether (sulfide) groups is 3. The van der Waals surface area contributed by atoms with Crippen molar-refractivity contribution in [3.8, 4) is 0 Å². The maximum atomic E-state index is 12.1. The summed E-state index contributed by atoms with van der Waals surface area (Å²) in [5.41, 5.74) is 0.932. The van der Waals surface area contributed by atoms with E-state index in [9.17, 15) is 4.79 Å². The first kappa shape index (κ1) is 13.2. The number of carbonyl (C=O) groups excluding carboxylic acids is 1. The molecule has 0 aliphatic carbocycles. The lowest BCUT2D eigenvalue weighted by Crippen LogP contribution is -2.30. The fourth-order valence-corrected chi connectivity index (χ4v) is 4.71. The first-order valence-corrected chi connectivity index (χ1v) is 8.87. The van der Waals surface area contributed by atoms with Gasteiger partial charge in [0.15, 0.2) is 0 Å². The molecule has 1 atom stereocenters. The van der Waals surface area contributed by atoms with Crippen LogP contribution < -0.4 is 5.32 Å². The van der Waals surface area contributed by atoms with Gasteiger partial charge in [-0.2, -0.15) is 11.8 Å². The topological polar surface area (TPSA) is 29.1 Å². The van der Waals surface area contributed by atoms with Crippen LogP contribution in [0.2, 0.25) is 0 Å². The molecule has 2 rings (SSSR count). The first-order chi connectivity index (χ1) is 8.31. The van der Waals surface area contributed by atoms with Crippen molar-refractivity contribution in [3.05, 3.63) is 24.3 Å². The predicted molar refractivity (Wildman–Crippen MR) is 80.4 cm³/mol. The predicted octanol–water partition coefficient (Wildman–Crippen LogP) is 3.20. The highest BCUT2D eigenvalue weighted by molar-refractivity contribution is 8.07. The lowest BCUT2D eigenvalue weighted by atomic mass is 10.3. The minimum Gasteiger partial charge on any atom is -0.324 e. The minimum absolute atomic E-state index is 0.101. The molecule has 0 spiro atoms. The van der Waals surface area contributed by atoms with Crippen molar-refractivity contribution in [3.63, 3.8) is 0 Å². The summed E-state index contributed by atoms with van der Waals surface area (Å²) in [6.07, 6.45) is 2.02. The molecule has 0 aromatic heterocycles. The van der Waals surface area contributed by atoms with Crippen LogP contribution in [-0.4, -0.2) is 34.7 Å². The smallest absolute Gasteiger partial charge is 0.238 e. The van der Waals surface area contributed by atoms with Crippen molar-refractivity contribution in [2.45, 2.75) is 10.1 Å². The molecular weight excluding hydrogens is 270 g/mol. The Balaban J connectivity index is 2.01. The Labute approximate surface area is 115 Å². The van der Waals surface area contributed by atoms with E-state index in [4.69, 9.17) is 0 Å². The summed E-state index contributed by atoms with van der Waals surface area (Å²) in [5.74, 6) is 3.31. The second-order valence-electron chi connectivity index (χ2n) is 3.62. The SMILES string of the molecule is CSc1ccccc1NC(=O)C1CSCCS1. The molecule has 5 heteroatoms. The van der Waals surface area contributed by atoms with Crippen LogP contribution in [0.15, 0.2) is 29.2 Å². The van der Waals surface area contributed by atoms with Crippen LogP contribution in [-0.2, 0) is 4.79 Å². The normalized spacial score (nSPS) is 19.9. The summed E-state index contributed by atoms with van der Waals surface area (Å²) < 4.78 is 0. The minimum atomic E-state index is 0.101. The van der Waals surface area contributed by atoms with Crippen LogP contribution in [0, 0.1) is 0 Å². The largest absolute Gasteiger partial charge is 0.324 e. The van der Waals surface area contributed by atoms with Crippen molar-refractivity contribution >= 4 is 46.9 Å². The van der Waals surface area contributed by atoms with Crippen LogP contribution in [0.4, 0.5) is 5.69 Å². The van der Waals surface area contributed by atoms with Crippen LogP contribution in [0.25, 0.3) is 0 Å². The monoisotopic (exact) mass is 285 g/mol. The maximum Gasteiger partial charge on any atom is 0.238 e. The van der Waals surface area contributed by atoms with Gasteiger partial charge >= 0.3 is 0 Å². The molecule has 0 bridgehead atoms. The summed E-state index contributed by atoms with van der Waals surface area (Å²) in [7, 11) is 0. The molecule has 1 aliphatic rings. The summed E-state index contributed by atoms with van der Waals surface area (Å²) in [6, 6.07) is 7.94. The Kier molecular flexibility index (Phi) is 5.13. The molecule has 1 saturated heterocycles. The zero-order valence-corrected chi connectivity index (χ0v) is 12.1. The highest BCUT2D eigenvalue weighted by Crippen LogP contribution is 2.28. The fourth-order valence-electron chi connectivity index (χ4n) is 1.60. The molecule has 0 saturated carbocycles.